The molecule has 0 unspecified atom stereocenters. The van der Waals surface area contributed by atoms with Gasteiger partial charge in [-0.2, -0.15) is 11.8 Å². The molecule has 0 aliphatic heterocycles. The smallest absolute Gasteiger partial charge is 0.329 e. The zero-order valence-electron chi connectivity index (χ0n) is 16.0. The van der Waals surface area contributed by atoms with Crippen molar-refractivity contribution in [1.82, 2.24) is 5.32 Å². The molecule has 2 amide bonds. The average Bonchev–Trinajstić information content (AvgIpc) is 2.57. The second-order valence-electron chi connectivity index (χ2n) is 7.12. The molecule has 2 atom stereocenters. The first-order valence-corrected chi connectivity index (χ1v) is 9.85. The number of rotatable bonds is 8. The summed E-state index contributed by atoms with van der Waals surface area (Å²) in [6.07, 6.45) is 1.26. The molecular formula is C19H28N2O4S. The molecule has 1 aromatic carbocycles. The fourth-order valence-corrected chi connectivity index (χ4v) is 2.63. The first kappa shape index (κ1) is 22.0. The van der Waals surface area contributed by atoms with Crippen LogP contribution in [0.4, 0.5) is 0 Å². The van der Waals surface area contributed by atoms with Crippen molar-refractivity contribution >= 4 is 29.5 Å². The second kappa shape index (κ2) is 9.62. The molecule has 0 saturated heterocycles. The Morgan fingerprint density at radius 3 is 2.23 bits per heavy atom. The SMILES string of the molecule is CSCC[C@@H](NC(=O)c1ccc(C(C)(C)C)cc1)C(=O)O[C@@H](C)C(N)=O. The molecule has 144 valence electrons. The Labute approximate surface area is 159 Å². The van der Waals surface area contributed by atoms with Crippen molar-refractivity contribution in [2.75, 3.05) is 12.0 Å². The molecule has 7 heteroatoms. The minimum Gasteiger partial charge on any atom is -0.451 e. The summed E-state index contributed by atoms with van der Waals surface area (Å²) in [4.78, 5) is 35.8. The van der Waals surface area contributed by atoms with Crippen LogP contribution in [0.5, 0.6) is 0 Å². The van der Waals surface area contributed by atoms with Crippen LogP contribution in [0, 0.1) is 0 Å². The summed E-state index contributed by atoms with van der Waals surface area (Å²) in [7, 11) is 0. The molecule has 0 fully saturated rings. The van der Waals surface area contributed by atoms with Gasteiger partial charge in [0.25, 0.3) is 11.8 Å². The van der Waals surface area contributed by atoms with Gasteiger partial charge in [-0.1, -0.05) is 32.9 Å². The maximum Gasteiger partial charge on any atom is 0.329 e. The van der Waals surface area contributed by atoms with E-state index in [0.717, 1.165) is 5.56 Å². The number of hydrogen-bond donors (Lipinski definition) is 2. The van der Waals surface area contributed by atoms with Gasteiger partial charge in [0, 0.05) is 5.56 Å². The summed E-state index contributed by atoms with van der Waals surface area (Å²) in [6.45, 7) is 7.68. The van der Waals surface area contributed by atoms with Gasteiger partial charge in [0.05, 0.1) is 0 Å². The molecular weight excluding hydrogens is 352 g/mol. The Bertz CT molecular complexity index is 638. The standard InChI is InChI=1S/C19H28N2O4S/c1-12(16(20)22)25-18(24)15(10-11-26-5)21-17(23)13-6-8-14(9-7-13)19(2,3)4/h6-9,12,15H,10-11H2,1-5H3,(H2,20,22)(H,21,23)/t12-,15+/m0/s1. The fraction of sp³-hybridized carbons (Fsp3) is 0.526. The molecule has 1 rings (SSSR count). The van der Waals surface area contributed by atoms with Crippen molar-refractivity contribution in [3.05, 3.63) is 35.4 Å². The predicted octanol–water partition coefficient (Wildman–Crippen LogP) is 2.25. The molecule has 0 spiro atoms. The minimum atomic E-state index is -1.04. The molecule has 0 aliphatic rings. The quantitative estimate of drug-likeness (QED) is 0.674. The molecule has 26 heavy (non-hydrogen) atoms. The van der Waals surface area contributed by atoms with Gasteiger partial charge in [0.2, 0.25) is 0 Å². The van der Waals surface area contributed by atoms with E-state index in [4.69, 9.17) is 10.5 Å². The Morgan fingerprint density at radius 2 is 1.77 bits per heavy atom. The van der Waals surface area contributed by atoms with Crippen molar-refractivity contribution in [2.45, 2.75) is 51.7 Å². The lowest BCUT2D eigenvalue weighted by atomic mass is 9.86. The minimum absolute atomic E-state index is 0.00933. The number of ether oxygens (including phenoxy) is 1. The summed E-state index contributed by atoms with van der Waals surface area (Å²) in [6, 6.07) is 6.44. The van der Waals surface area contributed by atoms with Gasteiger partial charge < -0.3 is 15.8 Å². The fourth-order valence-electron chi connectivity index (χ4n) is 2.16. The van der Waals surface area contributed by atoms with Gasteiger partial charge in [0.15, 0.2) is 6.10 Å². The molecule has 3 N–H and O–H groups in total. The normalized spacial score (nSPS) is 13.6. The van der Waals surface area contributed by atoms with Crippen LogP contribution in [0.2, 0.25) is 0 Å². The highest BCUT2D eigenvalue weighted by molar-refractivity contribution is 7.98. The summed E-state index contributed by atoms with van der Waals surface area (Å²) in [5.74, 6) is -1.09. The maximum atomic E-state index is 12.5. The Balaban J connectivity index is 2.84. The summed E-state index contributed by atoms with van der Waals surface area (Å²) in [5, 5.41) is 2.69. The van der Waals surface area contributed by atoms with Crippen molar-refractivity contribution in [3.8, 4) is 0 Å². The van der Waals surface area contributed by atoms with Crippen molar-refractivity contribution in [2.24, 2.45) is 5.73 Å². The first-order chi connectivity index (χ1) is 12.1. The molecule has 0 aliphatic carbocycles. The number of benzene rings is 1. The molecule has 0 saturated carbocycles. The van der Waals surface area contributed by atoms with Crippen LogP contribution >= 0.6 is 11.8 Å². The number of carbonyl (C=O) groups excluding carboxylic acids is 3. The zero-order valence-corrected chi connectivity index (χ0v) is 16.8. The highest BCUT2D eigenvalue weighted by Gasteiger charge is 2.26. The third-order valence-corrected chi connectivity index (χ3v) is 4.55. The molecule has 0 radical (unpaired) electrons. The van der Waals surface area contributed by atoms with E-state index in [1.165, 1.54) is 6.92 Å². The predicted molar refractivity (Wildman–Crippen MR) is 104 cm³/mol. The molecule has 1 aromatic rings. The Morgan fingerprint density at radius 1 is 1.19 bits per heavy atom. The van der Waals surface area contributed by atoms with Crippen LogP contribution < -0.4 is 11.1 Å². The third-order valence-electron chi connectivity index (χ3n) is 3.91. The van der Waals surface area contributed by atoms with Gasteiger partial charge in [-0.05, 0) is 48.5 Å². The van der Waals surface area contributed by atoms with Crippen molar-refractivity contribution in [3.63, 3.8) is 0 Å². The van der Waals surface area contributed by atoms with Crippen LogP contribution in [-0.2, 0) is 19.7 Å². The van der Waals surface area contributed by atoms with E-state index in [9.17, 15) is 14.4 Å². The van der Waals surface area contributed by atoms with Crippen LogP contribution in [-0.4, -0.2) is 41.9 Å². The molecule has 0 bridgehead atoms. The number of hydrogen-bond acceptors (Lipinski definition) is 5. The lowest BCUT2D eigenvalue weighted by Gasteiger charge is -2.20. The van der Waals surface area contributed by atoms with Crippen LogP contribution in [0.1, 0.15) is 50.0 Å². The Hall–Kier alpha value is -2.02. The van der Waals surface area contributed by atoms with E-state index in [-0.39, 0.29) is 11.3 Å². The monoisotopic (exact) mass is 380 g/mol. The van der Waals surface area contributed by atoms with E-state index in [1.807, 2.05) is 18.4 Å². The first-order valence-electron chi connectivity index (χ1n) is 8.46. The van der Waals surface area contributed by atoms with Gasteiger partial charge in [-0.25, -0.2) is 4.79 Å². The number of esters is 1. The van der Waals surface area contributed by atoms with Gasteiger partial charge in [0.1, 0.15) is 6.04 Å². The number of thioether (sulfide) groups is 1. The van der Waals surface area contributed by atoms with E-state index >= 15 is 0 Å². The zero-order chi connectivity index (χ0) is 19.9. The topological polar surface area (TPSA) is 98.5 Å². The maximum absolute atomic E-state index is 12.5. The number of carbonyl (C=O) groups is 3. The van der Waals surface area contributed by atoms with Gasteiger partial charge in [-0.3, -0.25) is 9.59 Å². The van der Waals surface area contributed by atoms with E-state index in [1.54, 1.807) is 23.9 Å². The summed E-state index contributed by atoms with van der Waals surface area (Å²) >= 11 is 1.55. The lowest BCUT2D eigenvalue weighted by molar-refractivity contribution is -0.155. The Kier molecular flexibility index (Phi) is 8.14. The van der Waals surface area contributed by atoms with Crippen LogP contribution in [0.3, 0.4) is 0 Å². The van der Waals surface area contributed by atoms with E-state index < -0.39 is 24.0 Å². The van der Waals surface area contributed by atoms with E-state index in [0.29, 0.717) is 17.7 Å². The lowest BCUT2D eigenvalue weighted by Crippen LogP contribution is -2.44. The highest BCUT2D eigenvalue weighted by atomic mass is 32.2. The number of primary amides is 1. The average molecular weight is 381 g/mol. The number of amides is 2. The third kappa shape index (κ3) is 6.71. The van der Waals surface area contributed by atoms with Gasteiger partial charge >= 0.3 is 5.97 Å². The largest absolute Gasteiger partial charge is 0.451 e. The van der Waals surface area contributed by atoms with Crippen molar-refractivity contribution < 1.29 is 19.1 Å². The van der Waals surface area contributed by atoms with Crippen LogP contribution in [0.25, 0.3) is 0 Å². The van der Waals surface area contributed by atoms with Crippen LogP contribution in [0.15, 0.2) is 24.3 Å². The van der Waals surface area contributed by atoms with E-state index in [2.05, 4.69) is 26.1 Å². The highest BCUT2D eigenvalue weighted by Crippen LogP contribution is 2.22. The molecule has 0 aromatic heterocycles. The molecule has 0 heterocycles. The summed E-state index contributed by atoms with van der Waals surface area (Å²) < 4.78 is 5.03. The molecule has 6 nitrogen and oxygen atoms in total. The number of nitrogens with two attached hydrogens (primary N) is 1. The van der Waals surface area contributed by atoms with Crippen molar-refractivity contribution in [1.29, 1.82) is 0 Å². The number of nitrogens with one attached hydrogen (secondary N) is 1. The summed E-state index contributed by atoms with van der Waals surface area (Å²) in [5.41, 5.74) is 6.68. The van der Waals surface area contributed by atoms with Gasteiger partial charge in [-0.15, -0.1) is 0 Å². The second-order valence-corrected chi connectivity index (χ2v) is 8.10.